The maximum atomic E-state index is 12.6. The standard InChI is InChI=1S/C16H26N2O2S/c1-16(2,3)14-13(21-10-17-14)15(20)18-12-8-6-4-5-7-11(12)9-19/h10-12,19H,4-9H2,1-3H3,(H,18,20). The Balaban J connectivity index is 2.12. The highest BCUT2D eigenvalue weighted by Crippen LogP contribution is 2.28. The number of amides is 1. The van der Waals surface area contributed by atoms with Gasteiger partial charge >= 0.3 is 0 Å². The molecule has 1 heterocycles. The Morgan fingerprint density at radius 1 is 1.38 bits per heavy atom. The summed E-state index contributed by atoms with van der Waals surface area (Å²) in [5.41, 5.74) is 2.47. The van der Waals surface area contributed by atoms with Gasteiger partial charge in [-0.2, -0.15) is 0 Å². The molecule has 0 saturated heterocycles. The lowest BCUT2D eigenvalue weighted by Crippen LogP contribution is -2.41. The number of rotatable bonds is 3. The number of carbonyl (C=O) groups is 1. The Kier molecular flexibility index (Phi) is 5.38. The van der Waals surface area contributed by atoms with Gasteiger partial charge in [0, 0.05) is 24.0 Å². The molecule has 1 aromatic heterocycles. The van der Waals surface area contributed by atoms with Gasteiger partial charge in [-0.15, -0.1) is 11.3 Å². The molecule has 1 saturated carbocycles. The summed E-state index contributed by atoms with van der Waals surface area (Å²) in [4.78, 5) is 17.7. The molecule has 4 nitrogen and oxygen atoms in total. The van der Waals surface area contributed by atoms with Crippen molar-refractivity contribution < 1.29 is 9.90 Å². The van der Waals surface area contributed by atoms with E-state index >= 15 is 0 Å². The molecule has 1 aromatic rings. The van der Waals surface area contributed by atoms with Crippen LogP contribution in [0.4, 0.5) is 0 Å². The average Bonchev–Trinajstić information content (AvgIpc) is 2.82. The Hall–Kier alpha value is -0.940. The number of aromatic nitrogens is 1. The molecule has 1 amide bonds. The van der Waals surface area contributed by atoms with Crippen LogP contribution in [0.1, 0.15) is 68.2 Å². The summed E-state index contributed by atoms with van der Waals surface area (Å²) in [5, 5.41) is 12.7. The van der Waals surface area contributed by atoms with Crippen molar-refractivity contribution in [2.24, 2.45) is 5.92 Å². The third-order valence-electron chi connectivity index (χ3n) is 4.19. The van der Waals surface area contributed by atoms with E-state index in [0.29, 0.717) is 4.88 Å². The fourth-order valence-electron chi connectivity index (χ4n) is 2.97. The predicted molar refractivity (Wildman–Crippen MR) is 85.7 cm³/mol. The first-order chi connectivity index (χ1) is 9.93. The van der Waals surface area contributed by atoms with Gasteiger partial charge in [-0.05, 0) is 12.8 Å². The highest BCUT2D eigenvalue weighted by Gasteiger charge is 2.29. The van der Waals surface area contributed by atoms with Crippen molar-refractivity contribution in [3.8, 4) is 0 Å². The number of nitrogens with zero attached hydrogens (tertiary/aromatic N) is 1. The highest BCUT2D eigenvalue weighted by atomic mass is 32.1. The fraction of sp³-hybridized carbons (Fsp3) is 0.750. The average molecular weight is 310 g/mol. The molecule has 0 bridgehead atoms. The number of hydrogen-bond acceptors (Lipinski definition) is 4. The molecule has 5 heteroatoms. The minimum absolute atomic E-state index is 0.0345. The molecule has 1 fully saturated rings. The van der Waals surface area contributed by atoms with E-state index in [1.165, 1.54) is 17.8 Å². The van der Waals surface area contributed by atoms with Crippen LogP contribution in [0.15, 0.2) is 5.51 Å². The van der Waals surface area contributed by atoms with E-state index in [1.807, 2.05) is 0 Å². The van der Waals surface area contributed by atoms with Crippen molar-refractivity contribution >= 4 is 17.2 Å². The molecule has 0 spiro atoms. The minimum Gasteiger partial charge on any atom is -0.396 e. The molecule has 0 radical (unpaired) electrons. The summed E-state index contributed by atoms with van der Waals surface area (Å²) >= 11 is 1.40. The summed E-state index contributed by atoms with van der Waals surface area (Å²) in [7, 11) is 0. The molecule has 0 aliphatic heterocycles. The number of aliphatic hydroxyl groups is 1. The second-order valence-corrected chi connectivity index (χ2v) is 7.80. The van der Waals surface area contributed by atoms with Crippen LogP contribution in [0.3, 0.4) is 0 Å². The van der Waals surface area contributed by atoms with Gasteiger partial charge < -0.3 is 10.4 Å². The summed E-state index contributed by atoms with van der Waals surface area (Å²) in [6.07, 6.45) is 5.41. The van der Waals surface area contributed by atoms with Crippen LogP contribution in [0.2, 0.25) is 0 Å². The van der Waals surface area contributed by atoms with Crippen LogP contribution in [-0.2, 0) is 5.41 Å². The van der Waals surface area contributed by atoms with Crippen LogP contribution in [-0.4, -0.2) is 28.6 Å². The summed E-state index contributed by atoms with van der Waals surface area (Å²) in [6, 6.07) is 0.0833. The number of nitrogens with one attached hydrogen (secondary N) is 1. The summed E-state index contributed by atoms with van der Waals surface area (Å²) in [5.74, 6) is 0.148. The van der Waals surface area contributed by atoms with Crippen LogP contribution in [0.25, 0.3) is 0 Å². The summed E-state index contributed by atoms with van der Waals surface area (Å²) in [6.45, 7) is 6.36. The second-order valence-electron chi connectivity index (χ2n) is 6.94. The Morgan fingerprint density at radius 3 is 2.76 bits per heavy atom. The van der Waals surface area contributed by atoms with Gasteiger partial charge in [0.2, 0.25) is 0 Å². The van der Waals surface area contributed by atoms with Gasteiger partial charge in [0.1, 0.15) is 4.88 Å². The van der Waals surface area contributed by atoms with E-state index < -0.39 is 0 Å². The number of thiazole rings is 1. The van der Waals surface area contributed by atoms with E-state index in [4.69, 9.17) is 0 Å². The first kappa shape index (κ1) is 16.4. The van der Waals surface area contributed by atoms with Crippen molar-refractivity contribution in [3.05, 3.63) is 16.1 Å². The molecule has 118 valence electrons. The second kappa shape index (κ2) is 6.88. The SMILES string of the molecule is CC(C)(C)c1ncsc1C(=O)NC1CCCCCC1CO. The topological polar surface area (TPSA) is 62.2 Å². The highest BCUT2D eigenvalue weighted by molar-refractivity contribution is 7.11. The van der Waals surface area contributed by atoms with Gasteiger partial charge in [0.05, 0.1) is 11.2 Å². The van der Waals surface area contributed by atoms with E-state index in [-0.39, 0.29) is 29.9 Å². The lowest BCUT2D eigenvalue weighted by Gasteiger charge is -2.25. The maximum absolute atomic E-state index is 12.6. The van der Waals surface area contributed by atoms with E-state index in [9.17, 15) is 9.90 Å². The van der Waals surface area contributed by atoms with Crippen LogP contribution in [0.5, 0.6) is 0 Å². The zero-order valence-corrected chi connectivity index (χ0v) is 14.0. The van der Waals surface area contributed by atoms with E-state index in [0.717, 1.165) is 31.4 Å². The third kappa shape index (κ3) is 4.04. The lowest BCUT2D eigenvalue weighted by atomic mass is 9.91. The fourth-order valence-corrected chi connectivity index (χ4v) is 3.87. The molecular formula is C16H26N2O2S. The van der Waals surface area contributed by atoms with Crippen molar-refractivity contribution in [2.75, 3.05) is 6.61 Å². The molecule has 21 heavy (non-hydrogen) atoms. The molecule has 2 rings (SSSR count). The third-order valence-corrected chi connectivity index (χ3v) is 5.02. The monoisotopic (exact) mass is 310 g/mol. The van der Waals surface area contributed by atoms with Crippen LogP contribution < -0.4 is 5.32 Å². The first-order valence-corrected chi connectivity index (χ1v) is 8.67. The van der Waals surface area contributed by atoms with Gasteiger partial charge in [-0.25, -0.2) is 4.98 Å². The van der Waals surface area contributed by atoms with Gasteiger partial charge in [-0.3, -0.25) is 4.79 Å². The number of carbonyl (C=O) groups excluding carboxylic acids is 1. The molecule has 2 atom stereocenters. The van der Waals surface area contributed by atoms with Crippen LogP contribution >= 0.6 is 11.3 Å². The maximum Gasteiger partial charge on any atom is 0.263 e. The largest absolute Gasteiger partial charge is 0.396 e. The smallest absolute Gasteiger partial charge is 0.263 e. The Labute approximate surface area is 131 Å². The number of aliphatic hydroxyl groups excluding tert-OH is 1. The van der Waals surface area contributed by atoms with Crippen molar-refractivity contribution in [1.29, 1.82) is 0 Å². The van der Waals surface area contributed by atoms with Gasteiger partial charge in [0.25, 0.3) is 5.91 Å². The summed E-state index contributed by atoms with van der Waals surface area (Å²) < 4.78 is 0. The van der Waals surface area contributed by atoms with Crippen molar-refractivity contribution in [1.82, 2.24) is 10.3 Å². The molecule has 2 N–H and O–H groups in total. The van der Waals surface area contributed by atoms with E-state index in [1.54, 1.807) is 5.51 Å². The zero-order chi connectivity index (χ0) is 15.5. The molecule has 1 aliphatic carbocycles. The first-order valence-electron chi connectivity index (χ1n) is 7.79. The van der Waals surface area contributed by atoms with Gasteiger partial charge in [0.15, 0.2) is 0 Å². The Morgan fingerprint density at radius 2 is 2.10 bits per heavy atom. The van der Waals surface area contributed by atoms with E-state index in [2.05, 4.69) is 31.1 Å². The molecule has 2 unspecified atom stereocenters. The van der Waals surface area contributed by atoms with Crippen molar-refractivity contribution in [3.63, 3.8) is 0 Å². The molecule has 0 aromatic carbocycles. The van der Waals surface area contributed by atoms with Crippen LogP contribution in [0, 0.1) is 5.92 Å². The van der Waals surface area contributed by atoms with Gasteiger partial charge in [-0.1, -0.05) is 40.0 Å². The minimum atomic E-state index is -0.132. The number of hydrogen-bond donors (Lipinski definition) is 2. The molecule has 1 aliphatic rings. The zero-order valence-electron chi connectivity index (χ0n) is 13.2. The van der Waals surface area contributed by atoms with Crippen molar-refractivity contribution in [2.45, 2.75) is 64.3 Å². The quantitative estimate of drug-likeness (QED) is 0.843. The lowest BCUT2D eigenvalue weighted by molar-refractivity contribution is 0.0901. The normalized spacial score (nSPS) is 23.6. The predicted octanol–water partition coefficient (Wildman–Crippen LogP) is 3.11. The Bertz CT molecular complexity index is 479. The molecular weight excluding hydrogens is 284 g/mol.